The molecule has 1 aromatic carbocycles. The number of rotatable bonds is 6. The molecule has 1 atom stereocenters. The predicted molar refractivity (Wildman–Crippen MR) is 76.4 cm³/mol. The Labute approximate surface area is 119 Å². The number of hydrogen-bond donors (Lipinski definition) is 1. The van der Waals surface area contributed by atoms with Crippen LogP contribution in [0.3, 0.4) is 0 Å². The molecular formula is C14H19NO4S. The van der Waals surface area contributed by atoms with Gasteiger partial charge in [-0.05, 0) is 25.0 Å². The maximum atomic E-state index is 11.7. The number of nitrogens with one attached hydrogen (secondary N) is 1. The summed E-state index contributed by atoms with van der Waals surface area (Å²) >= 11 is 0. The van der Waals surface area contributed by atoms with Crippen molar-refractivity contribution in [1.82, 2.24) is 5.32 Å². The van der Waals surface area contributed by atoms with Gasteiger partial charge in [0, 0.05) is 12.5 Å². The van der Waals surface area contributed by atoms with Gasteiger partial charge in [-0.15, -0.1) is 0 Å². The fourth-order valence-corrected chi connectivity index (χ4v) is 3.82. The van der Waals surface area contributed by atoms with E-state index in [0.717, 1.165) is 5.75 Å². The van der Waals surface area contributed by atoms with Crippen LogP contribution in [0.5, 0.6) is 5.75 Å². The summed E-state index contributed by atoms with van der Waals surface area (Å²) in [5, 5.41) is 2.76. The molecule has 1 amide bonds. The molecule has 5 nitrogen and oxygen atoms in total. The molecule has 1 aliphatic heterocycles. The van der Waals surface area contributed by atoms with Crippen molar-refractivity contribution in [3.63, 3.8) is 0 Å². The lowest BCUT2D eigenvalue weighted by Crippen LogP contribution is -2.35. The monoisotopic (exact) mass is 297 g/mol. The van der Waals surface area contributed by atoms with Gasteiger partial charge < -0.3 is 10.1 Å². The molecule has 0 aromatic heterocycles. The van der Waals surface area contributed by atoms with Crippen LogP contribution in [0.2, 0.25) is 0 Å². The second kappa shape index (κ2) is 6.74. The molecule has 0 radical (unpaired) electrons. The zero-order valence-electron chi connectivity index (χ0n) is 11.2. The van der Waals surface area contributed by atoms with Gasteiger partial charge >= 0.3 is 0 Å². The molecule has 1 saturated heterocycles. The number of amides is 1. The number of hydrogen-bond acceptors (Lipinski definition) is 4. The molecular weight excluding hydrogens is 278 g/mol. The minimum atomic E-state index is -2.94. The molecule has 0 spiro atoms. The molecule has 1 fully saturated rings. The van der Waals surface area contributed by atoms with Crippen LogP contribution >= 0.6 is 0 Å². The molecule has 110 valence electrons. The first-order valence-corrected chi connectivity index (χ1v) is 8.55. The van der Waals surface area contributed by atoms with Gasteiger partial charge in [0.25, 0.3) is 0 Å². The number of carbonyl (C=O) groups is 1. The molecule has 0 saturated carbocycles. The van der Waals surface area contributed by atoms with Gasteiger partial charge in [-0.25, -0.2) is 8.42 Å². The molecule has 0 bridgehead atoms. The van der Waals surface area contributed by atoms with Gasteiger partial charge in [-0.1, -0.05) is 18.2 Å². The number of carbonyl (C=O) groups excluding carboxylic acids is 1. The molecule has 1 aliphatic rings. The van der Waals surface area contributed by atoms with Crippen molar-refractivity contribution in [2.75, 3.05) is 18.1 Å². The molecule has 1 unspecified atom stereocenters. The highest BCUT2D eigenvalue weighted by molar-refractivity contribution is 7.91. The molecule has 1 aromatic rings. The first-order valence-electron chi connectivity index (χ1n) is 6.73. The lowest BCUT2D eigenvalue weighted by atomic mass is 10.2. The fraction of sp³-hybridized carbons (Fsp3) is 0.500. The second-order valence-corrected chi connectivity index (χ2v) is 7.16. The summed E-state index contributed by atoms with van der Waals surface area (Å²) in [6, 6.07) is 9.20. The van der Waals surface area contributed by atoms with Crippen molar-refractivity contribution >= 4 is 15.7 Å². The van der Waals surface area contributed by atoms with E-state index in [9.17, 15) is 13.2 Å². The van der Waals surface area contributed by atoms with Gasteiger partial charge in [0.15, 0.2) is 9.84 Å². The average Bonchev–Trinajstić information content (AvgIpc) is 2.75. The summed E-state index contributed by atoms with van der Waals surface area (Å²) in [5.74, 6) is 0.924. The Hall–Kier alpha value is -1.56. The highest BCUT2D eigenvalue weighted by atomic mass is 32.2. The van der Waals surface area contributed by atoms with Crippen molar-refractivity contribution in [3.05, 3.63) is 30.3 Å². The minimum absolute atomic E-state index is 0.0687. The second-order valence-electron chi connectivity index (χ2n) is 4.93. The van der Waals surface area contributed by atoms with Crippen LogP contribution in [-0.4, -0.2) is 38.5 Å². The van der Waals surface area contributed by atoms with E-state index >= 15 is 0 Å². The third-order valence-corrected chi connectivity index (χ3v) is 4.93. The van der Waals surface area contributed by atoms with Crippen LogP contribution in [0.1, 0.15) is 19.3 Å². The summed E-state index contributed by atoms with van der Waals surface area (Å²) in [6.45, 7) is 0.473. The number of para-hydroxylation sites is 1. The Balaban J connectivity index is 1.61. The Morgan fingerprint density at radius 1 is 1.30 bits per heavy atom. The van der Waals surface area contributed by atoms with Crippen molar-refractivity contribution in [1.29, 1.82) is 0 Å². The first-order chi connectivity index (χ1) is 9.55. The number of sulfone groups is 1. The van der Waals surface area contributed by atoms with Gasteiger partial charge in [0.2, 0.25) is 5.91 Å². The van der Waals surface area contributed by atoms with Crippen LogP contribution in [0.25, 0.3) is 0 Å². The van der Waals surface area contributed by atoms with Crippen molar-refractivity contribution in [2.45, 2.75) is 25.3 Å². The maximum absolute atomic E-state index is 11.7. The van der Waals surface area contributed by atoms with Gasteiger partial charge in [-0.3, -0.25) is 4.79 Å². The van der Waals surface area contributed by atoms with E-state index in [1.165, 1.54) is 0 Å². The summed E-state index contributed by atoms with van der Waals surface area (Å²) in [5.41, 5.74) is 0. The van der Waals surface area contributed by atoms with Gasteiger partial charge in [-0.2, -0.15) is 0 Å². The Kier molecular flexibility index (Phi) is 5.00. The maximum Gasteiger partial charge on any atom is 0.220 e. The minimum Gasteiger partial charge on any atom is -0.494 e. The zero-order valence-corrected chi connectivity index (χ0v) is 12.1. The smallest absolute Gasteiger partial charge is 0.220 e. The van der Waals surface area contributed by atoms with Crippen LogP contribution < -0.4 is 10.1 Å². The van der Waals surface area contributed by atoms with Crippen molar-refractivity contribution in [2.24, 2.45) is 0 Å². The number of benzene rings is 1. The van der Waals surface area contributed by atoms with E-state index in [0.29, 0.717) is 25.9 Å². The highest BCUT2D eigenvalue weighted by Crippen LogP contribution is 2.12. The third kappa shape index (κ3) is 4.85. The third-order valence-electron chi connectivity index (χ3n) is 3.16. The van der Waals surface area contributed by atoms with Gasteiger partial charge in [0.05, 0.1) is 18.1 Å². The first kappa shape index (κ1) is 14.8. The van der Waals surface area contributed by atoms with E-state index in [-0.39, 0.29) is 23.5 Å². The Morgan fingerprint density at radius 2 is 2.05 bits per heavy atom. The van der Waals surface area contributed by atoms with Crippen molar-refractivity contribution in [3.8, 4) is 5.75 Å². The largest absolute Gasteiger partial charge is 0.494 e. The predicted octanol–water partition coefficient (Wildman–Crippen LogP) is 1.15. The SMILES string of the molecule is O=C(CCCOc1ccccc1)NC1CCS(=O)(=O)C1. The zero-order chi connectivity index (χ0) is 14.4. The highest BCUT2D eigenvalue weighted by Gasteiger charge is 2.28. The molecule has 20 heavy (non-hydrogen) atoms. The fourth-order valence-electron chi connectivity index (χ4n) is 2.15. The normalized spacial score (nSPS) is 20.5. The summed E-state index contributed by atoms with van der Waals surface area (Å²) in [6.07, 6.45) is 1.48. The van der Waals surface area contributed by atoms with Crippen molar-refractivity contribution < 1.29 is 17.9 Å². The molecule has 0 aliphatic carbocycles. The average molecular weight is 297 g/mol. The number of ether oxygens (including phenoxy) is 1. The molecule has 1 N–H and O–H groups in total. The standard InChI is InChI=1S/C14H19NO4S/c16-14(15-12-8-10-20(17,18)11-12)7-4-9-19-13-5-2-1-3-6-13/h1-3,5-6,12H,4,7-11H2,(H,15,16). The summed E-state index contributed by atoms with van der Waals surface area (Å²) in [4.78, 5) is 11.7. The van der Waals surface area contributed by atoms with Crippen LogP contribution in [-0.2, 0) is 14.6 Å². The molecule has 6 heteroatoms. The summed E-state index contributed by atoms with van der Waals surface area (Å²) < 4.78 is 28.0. The lowest BCUT2D eigenvalue weighted by molar-refractivity contribution is -0.121. The quantitative estimate of drug-likeness (QED) is 0.799. The molecule has 2 rings (SSSR count). The molecule has 1 heterocycles. The van der Waals surface area contributed by atoms with Crippen LogP contribution in [0.4, 0.5) is 0 Å². The van der Waals surface area contributed by atoms with E-state index in [2.05, 4.69) is 5.32 Å². The topological polar surface area (TPSA) is 72.5 Å². The van der Waals surface area contributed by atoms with Crippen LogP contribution in [0.15, 0.2) is 30.3 Å². The van der Waals surface area contributed by atoms with Gasteiger partial charge in [0.1, 0.15) is 5.75 Å². The Bertz CT molecular complexity index is 542. The van der Waals surface area contributed by atoms with Crippen LogP contribution in [0, 0.1) is 0 Å². The lowest BCUT2D eigenvalue weighted by Gasteiger charge is -2.11. The Morgan fingerprint density at radius 3 is 2.70 bits per heavy atom. The van der Waals surface area contributed by atoms with E-state index in [4.69, 9.17) is 4.74 Å². The van der Waals surface area contributed by atoms with E-state index in [1.807, 2.05) is 30.3 Å². The summed E-state index contributed by atoms with van der Waals surface area (Å²) in [7, 11) is -2.94. The van der Waals surface area contributed by atoms with E-state index < -0.39 is 9.84 Å². The van der Waals surface area contributed by atoms with E-state index in [1.54, 1.807) is 0 Å².